The van der Waals surface area contributed by atoms with Crippen LogP contribution in [0.1, 0.15) is 12.7 Å². The molecule has 5 nitrogen and oxygen atoms in total. The summed E-state index contributed by atoms with van der Waals surface area (Å²) in [7, 11) is 0. The molecule has 2 heterocycles. The number of aromatic nitrogens is 5. The molecule has 0 N–H and O–H groups in total. The average Bonchev–Trinajstić information content (AvgIpc) is 3.29. The second-order valence-corrected chi connectivity index (χ2v) is 13.7. The van der Waals surface area contributed by atoms with E-state index in [0.29, 0.717) is 17.5 Å². The number of hydrogen-bond acceptors (Lipinski definition) is 5. The Morgan fingerprint density at radius 2 is 1.09 bits per heavy atom. The predicted octanol–water partition coefficient (Wildman–Crippen LogP) is 12.6. The second-order valence-electron chi connectivity index (χ2n) is 13.7. The van der Waals surface area contributed by atoms with Crippen molar-refractivity contribution in [2.24, 2.45) is 0 Å². The summed E-state index contributed by atoms with van der Waals surface area (Å²) in [5.74, 6) is 4.27. The fourth-order valence-corrected chi connectivity index (χ4v) is 7.31. The minimum atomic E-state index is 0.541. The van der Waals surface area contributed by atoms with Gasteiger partial charge >= 0.3 is 0 Å². The van der Waals surface area contributed by atoms with Crippen LogP contribution in [-0.4, -0.2) is 24.9 Å². The predicted molar refractivity (Wildman–Crippen MR) is 235 cm³/mol. The minimum Gasteiger partial charge on any atom is -0.261 e. The molecule has 0 amide bonds. The second kappa shape index (κ2) is 15.5. The third-order valence-corrected chi connectivity index (χ3v) is 10.1. The van der Waals surface area contributed by atoms with Crippen molar-refractivity contribution >= 4 is 27.1 Å². The number of benzene rings is 7. The summed E-state index contributed by atoms with van der Waals surface area (Å²) < 4.78 is 0. The van der Waals surface area contributed by atoms with Crippen LogP contribution < -0.4 is 0 Å². The Morgan fingerprint density at radius 3 is 1.68 bits per heavy atom. The highest BCUT2D eigenvalue weighted by atomic mass is 15.0. The molecule has 0 atom stereocenters. The van der Waals surface area contributed by atoms with Crippen LogP contribution in [0.4, 0.5) is 0 Å². The zero-order chi connectivity index (χ0) is 38.6. The molecule has 9 aromatic rings. The van der Waals surface area contributed by atoms with Crippen molar-refractivity contribution in [3.63, 3.8) is 0 Å². The van der Waals surface area contributed by atoms with E-state index in [0.717, 1.165) is 55.8 Å². The molecule has 2 aromatic heterocycles. The van der Waals surface area contributed by atoms with Crippen LogP contribution in [-0.2, 0) is 0 Å². The standard InChI is InChI=1S/C52H35N5/c1-3-5-13-35(4-2)50-55-51(40-14-7-6-8-15-40)57-52(56-50)45-32-43(36-20-24-38(25-21-36)48-34-53-28-29-54-48)31-44(33-45)37-22-26-39(27-23-37)49-46-18-11-9-16-41(46)30-42-17-10-12-19-47(42)49/h1,4-34H,2H3/b13-5-,35-4+. The van der Waals surface area contributed by atoms with Crippen molar-refractivity contribution in [1.29, 1.82) is 0 Å². The molecule has 0 saturated carbocycles. The largest absolute Gasteiger partial charge is 0.261 e. The fourth-order valence-electron chi connectivity index (χ4n) is 7.31. The first kappa shape index (κ1) is 34.9. The summed E-state index contributed by atoms with van der Waals surface area (Å²) in [6, 6.07) is 53.3. The molecular formula is C52H35N5. The first-order valence-corrected chi connectivity index (χ1v) is 18.8. The van der Waals surface area contributed by atoms with Gasteiger partial charge in [-0.3, -0.25) is 9.97 Å². The molecule has 57 heavy (non-hydrogen) atoms. The van der Waals surface area contributed by atoms with Crippen LogP contribution in [0.15, 0.2) is 188 Å². The molecule has 268 valence electrons. The maximum Gasteiger partial charge on any atom is 0.164 e. The van der Waals surface area contributed by atoms with Gasteiger partial charge in [0.15, 0.2) is 17.5 Å². The zero-order valence-corrected chi connectivity index (χ0v) is 31.2. The highest BCUT2D eigenvalue weighted by Crippen LogP contribution is 2.39. The zero-order valence-electron chi connectivity index (χ0n) is 31.2. The van der Waals surface area contributed by atoms with Crippen molar-refractivity contribution in [3.05, 3.63) is 194 Å². The van der Waals surface area contributed by atoms with E-state index in [2.05, 4.69) is 137 Å². The average molecular weight is 730 g/mol. The summed E-state index contributed by atoms with van der Waals surface area (Å²) in [6.45, 7) is 1.95. The Kier molecular flexibility index (Phi) is 9.50. The summed E-state index contributed by atoms with van der Waals surface area (Å²) in [6.07, 6.45) is 16.3. The van der Waals surface area contributed by atoms with Gasteiger partial charge in [-0.1, -0.05) is 139 Å². The van der Waals surface area contributed by atoms with Gasteiger partial charge in [-0.25, -0.2) is 15.0 Å². The Hall–Kier alpha value is -7.81. The lowest BCUT2D eigenvalue weighted by atomic mass is 9.90. The molecular weight excluding hydrogens is 695 g/mol. The Morgan fingerprint density at radius 1 is 0.526 bits per heavy atom. The van der Waals surface area contributed by atoms with Crippen molar-refractivity contribution in [3.8, 4) is 79.8 Å². The van der Waals surface area contributed by atoms with Gasteiger partial charge in [0.1, 0.15) is 0 Å². The first-order chi connectivity index (χ1) is 28.1. The summed E-state index contributed by atoms with van der Waals surface area (Å²) in [5.41, 5.74) is 11.0. The normalized spacial score (nSPS) is 11.6. The van der Waals surface area contributed by atoms with Gasteiger partial charge in [-0.2, -0.15) is 0 Å². The molecule has 0 radical (unpaired) electrons. The number of hydrogen-bond donors (Lipinski definition) is 0. The number of fused-ring (bicyclic) bond motifs is 2. The highest BCUT2D eigenvalue weighted by Gasteiger charge is 2.16. The topological polar surface area (TPSA) is 64.5 Å². The van der Waals surface area contributed by atoms with E-state index in [-0.39, 0.29) is 0 Å². The molecule has 9 rings (SSSR count). The highest BCUT2D eigenvalue weighted by molar-refractivity contribution is 6.12. The molecule has 0 spiro atoms. The Bertz CT molecular complexity index is 2940. The lowest BCUT2D eigenvalue weighted by Gasteiger charge is -2.14. The van der Waals surface area contributed by atoms with E-state index in [1.54, 1.807) is 24.7 Å². The van der Waals surface area contributed by atoms with Crippen LogP contribution in [0, 0.1) is 12.3 Å². The molecule has 7 aromatic carbocycles. The van der Waals surface area contributed by atoms with Crippen LogP contribution >= 0.6 is 0 Å². The number of rotatable bonds is 8. The molecule has 0 saturated heterocycles. The monoisotopic (exact) mass is 729 g/mol. The van der Waals surface area contributed by atoms with E-state index < -0.39 is 0 Å². The molecule has 0 bridgehead atoms. The Balaban J connectivity index is 1.21. The smallest absolute Gasteiger partial charge is 0.164 e. The summed E-state index contributed by atoms with van der Waals surface area (Å²) in [4.78, 5) is 23.8. The van der Waals surface area contributed by atoms with Gasteiger partial charge in [0, 0.05) is 34.7 Å². The molecule has 0 aliphatic rings. The third kappa shape index (κ3) is 7.12. The summed E-state index contributed by atoms with van der Waals surface area (Å²) >= 11 is 0. The molecule has 5 heteroatoms. The minimum absolute atomic E-state index is 0.541. The lowest BCUT2D eigenvalue weighted by Crippen LogP contribution is -2.02. The van der Waals surface area contributed by atoms with Gasteiger partial charge in [0.2, 0.25) is 0 Å². The van der Waals surface area contributed by atoms with Crippen molar-refractivity contribution in [1.82, 2.24) is 24.9 Å². The number of nitrogens with zero attached hydrogens (tertiary/aromatic N) is 5. The van der Waals surface area contributed by atoms with Crippen LogP contribution in [0.5, 0.6) is 0 Å². The van der Waals surface area contributed by atoms with Gasteiger partial charge in [-0.05, 0) is 98.3 Å². The van der Waals surface area contributed by atoms with E-state index in [1.165, 1.54) is 27.1 Å². The fraction of sp³-hybridized carbons (Fsp3) is 0.0192. The van der Waals surface area contributed by atoms with E-state index >= 15 is 0 Å². The third-order valence-electron chi connectivity index (χ3n) is 10.1. The maximum absolute atomic E-state index is 5.61. The molecule has 0 unspecified atom stereocenters. The van der Waals surface area contributed by atoms with Crippen molar-refractivity contribution in [2.75, 3.05) is 0 Å². The van der Waals surface area contributed by atoms with E-state index in [4.69, 9.17) is 21.4 Å². The lowest BCUT2D eigenvalue weighted by molar-refractivity contribution is 1.04. The van der Waals surface area contributed by atoms with E-state index in [9.17, 15) is 0 Å². The van der Waals surface area contributed by atoms with Crippen molar-refractivity contribution in [2.45, 2.75) is 6.92 Å². The van der Waals surface area contributed by atoms with E-state index in [1.807, 2.05) is 49.4 Å². The summed E-state index contributed by atoms with van der Waals surface area (Å²) in [5, 5.41) is 4.91. The first-order valence-electron chi connectivity index (χ1n) is 18.8. The van der Waals surface area contributed by atoms with Crippen LogP contribution in [0.2, 0.25) is 0 Å². The van der Waals surface area contributed by atoms with Gasteiger partial charge in [-0.15, -0.1) is 6.42 Å². The van der Waals surface area contributed by atoms with Gasteiger partial charge < -0.3 is 0 Å². The van der Waals surface area contributed by atoms with Gasteiger partial charge in [0.05, 0.1) is 11.9 Å². The van der Waals surface area contributed by atoms with Crippen LogP contribution in [0.25, 0.3) is 94.5 Å². The molecule has 0 aliphatic carbocycles. The van der Waals surface area contributed by atoms with Crippen LogP contribution in [0.3, 0.4) is 0 Å². The SMILES string of the molecule is C#C/C=C\C(=C/C)c1nc(-c2ccccc2)nc(-c2cc(-c3ccc(-c4cnccn4)cc3)cc(-c3ccc(-c4c5ccccc5cc5ccccc45)cc3)c2)n1. The number of terminal acetylenes is 1. The van der Waals surface area contributed by atoms with Gasteiger partial charge in [0.25, 0.3) is 0 Å². The quantitative estimate of drug-likeness (QED) is 0.0885. The molecule has 0 aliphatic heterocycles. The Labute approximate surface area is 331 Å². The maximum atomic E-state index is 5.61. The number of allylic oxidation sites excluding steroid dienone is 4. The molecule has 0 fully saturated rings. The van der Waals surface area contributed by atoms with Crippen molar-refractivity contribution < 1.29 is 0 Å².